The number of nitrogens with zero attached hydrogens (tertiary/aromatic N) is 1. The molecule has 4 N–H and O–H groups in total. The normalized spacial score (nSPS) is 17.6. The van der Waals surface area contributed by atoms with Crippen LogP contribution in [0.5, 0.6) is 0 Å². The Bertz CT molecular complexity index is 859. The summed E-state index contributed by atoms with van der Waals surface area (Å²) in [6.07, 6.45) is 0.630. The molecule has 1 aliphatic heterocycles. The number of ether oxygens (including phenoxy) is 1. The average molecular weight is 536 g/mol. The molecule has 12 heteroatoms. The lowest BCUT2D eigenvalue weighted by Gasteiger charge is -2.21. The summed E-state index contributed by atoms with van der Waals surface area (Å²) < 4.78 is 61.0. The van der Waals surface area contributed by atoms with Crippen molar-refractivity contribution in [1.29, 1.82) is 0 Å². The summed E-state index contributed by atoms with van der Waals surface area (Å²) in [4.78, 5) is 4.35. The van der Waals surface area contributed by atoms with Crippen LogP contribution in [-0.2, 0) is 17.1 Å². The minimum atomic E-state index is -3.53. The second-order valence-electron chi connectivity index (χ2n) is 7.57. The van der Waals surface area contributed by atoms with Gasteiger partial charge in [-0.3, -0.25) is 0 Å². The Hall–Kier alpha value is -1.36. The van der Waals surface area contributed by atoms with Crippen LogP contribution >= 0.6 is 37.2 Å². The van der Waals surface area contributed by atoms with E-state index >= 15 is 0 Å². The van der Waals surface area contributed by atoms with Crippen LogP contribution < -0.4 is 16.4 Å². The maximum absolute atomic E-state index is 14.2. The SMILES string of the molecule is Cc1cc(N)nc(C[C@@H]2CNC[C@@H]2OCCNCC(F)(F)c2cccc(F)c2F)c1.Cl.Cl.Cl. The van der Waals surface area contributed by atoms with Crippen LogP contribution in [0.2, 0.25) is 0 Å². The molecule has 0 amide bonds. The molecule has 1 fully saturated rings. The van der Waals surface area contributed by atoms with Gasteiger partial charge in [-0.2, -0.15) is 8.78 Å². The van der Waals surface area contributed by atoms with Crippen molar-refractivity contribution in [2.75, 3.05) is 38.5 Å². The molecule has 2 atom stereocenters. The number of alkyl halides is 2. The highest BCUT2D eigenvalue weighted by atomic mass is 35.5. The number of anilines is 1. The van der Waals surface area contributed by atoms with Gasteiger partial charge in [0.1, 0.15) is 5.82 Å². The lowest BCUT2D eigenvalue weighted by Crippen LogP contribution is -2.35. The van der Waals surface area contributed by atoms with Crippen molar-refractivity contribution < 1.29 is 22.3 Å². The van der Waals surface area contributed by atoms with Crippen LogP contribution in [0.1, 0.15) is 16.8 Å². The van der Waals surface area contributed by atoms with Gasteiger partial charge in [-0.25, -0.2) is 13.8 Å². The van der Waals surface area contributed by atoms with Gasteiger partial charge in [-0.15, -0.1) is 37.2 Å². The summed E-state index contributed by atoms with van der Waals surface area (Å²) >= 11 is 0. The zero-order valence-corrected chi connectivity index (χ0v) is 20.4. The summed E-state index contributed by atoms with van der Waals surface area (Å²) in [7, 11) is 0. The van der Waals surface area contributed by atoms with Crippen molar-refractivity contribution in [3.63, 3.8) is 0 Å². The number of benzene rings is 1. The highest BCUT2D eigenvalue weighted by molar-refractivity contribution is 5.86. The Morgan fingerprint density at radius 2 is 1.91 bits per heavy atom. The summed E-state index contributed by atoms with van der Waals surface area (Å²) in [5, 5.41) is 5.83. The maximum atomic E-state index is 14.2. The Balaban J connectivity index is 0.00000341. The minimum Gasteiger partial charge on any atom is -0.384 e. The van der Waals surface area contributed by atoms with Crippen molar-refractivity contribution >= 4 is 43.0 Å². The molecule has 1 saturated heterocycles. The molecule has 2 heterocycles. The van der Waals surface area contributed by atoms with Gasteiger partial charge in [0, 0.05) is 31.2 Å². The first-order chi connectivity index (χ1) is 14.3. The number of pyridine rings is 1. The number of halogens is 7. The van der Waals surface area contributed by atoms with Crippen molar-refractivity contribution in [2.24, 2.45) is 5.92 Å². The van der Waals surface area contributed by atoms with E-state index in [-0.39, 0.29) is 62.4 Å². The first kappa shape index (κ1) is 31.6. The molecule has 1 aliphatic rings. The second kappa shape index (κ2) is 14.1. The lowest BCUT2D eigenvalue weighted by molar-refractivity contribution is -0.0115. The van der Waals surface area contributed by atoms with Crippen molar-refractivity contribution in [2.45, 2.75) is 25.4 Å². The van der Waals surface area contributed by atoms with E-state index in [1.54, 1.807) is 0 Å². The number of nitrogens with two attached hydrogens (primary N) is 1. The summed E-state index contributed by atoms with van der Waals surface area (Å²) in [6.45, 7) is 2.95. The smallest absolute Gasteiger partial charge is 0.288 e. The zero-order chi connectivity index (χ0) is 21.7. The predicted molar refractivity (Wildman–Crippen MR) is 128 cm³/mol. The molecular weight excluding hydrogens is 507 g/mol. The monoisotopic (exact) mass is 534 g/mol. The van der Waals surface area contributed by atoms with Gasteiger partial charge in [-0.1, -0.05) is 6.07 Å². The number of hydrogen-bond donors (Lipinski definition) is 3. The van der Waals surface area contributed by atoms with E-state index in [9.17, 15) is 17.6 Å². The number of aromatic nitrogens is 1. The highest BCUT2D eigenvalue weighted by Gasteiger charge is 2.35. The predicted octanol–water partition coefficient (Wildman–Crippen LogP) is 4.04. The van der Waals surface area contributed by atoms with Crippen molar-refractivity contribution in [3.05, 3.63) is 58.8 Å². The van der Waals surface area contributed by atoms with Gasteiger partial charge in [0.25, 0.3) is 5.92 Å². The topological polar surface area (TPSA) is 72.2 Å². The quantitative estimate of drug-likeness (QED) is 0.334. The third-order valence-corrected chi connectivity index (χ3v) is 5.10. The molecule has 5 nitrogen and oxygen atoms in total. The molecule has 0 saturated carbocycles. The molecule has 2 aromatic rings. The fraction of sp³-hybridized carbons (Fsp3) is 0.476. The van der Waals surface area contributed by atoms with Crippen LogP contribution in [0, 0.1) is 24.5 Å². The largest absolute Gasteiger partial charge is 0.384 e. The van der Waals surface area contributed by atoms with Crippen LogP contribution in [0.4, 0.5) is 23.4 Å². The average Bonchev–Trinajstić information content (AvgIpc) is 3.09. The Morgan fingerprint density at radius 1 is 1.18 bits per heavy atom. The fourth-order valence-corrected chi connectivity index (χ4v) is 3.66. The van der Waals surface area contributed by atoms with E-state index in [4.69, 9.17) is 10.5 Å². The Labute approximate surface area is 209 Å². The maximum Gasteiger partial charge on any atom is 0.288 e. The van der Waals surface area contributed by atoms with Crippen LogP contribution in [0.3, 0.4) is 0 Å². The molecule has 3 rings (SSSR count). The Morgan fingerprint density at radius 3 is 2.61 bits per heavy atom. The first-order valence-corrected chi connectivity index (χ1v) is 9.84. The van der Waals surface area contributed by atoms with E-state index in [2.05, 4.69) is 15.6 Å². The van der Waals surface area contributed by atoms with Crippen molar-refractivity contribution in [3.8, 4) is 0 Å². The molecule has 188 valence electrons. The third-order valence-electron chi connectivity index (χ3n) is 5.10. The number of hydrogen-bond acceptors (Lipinski definition) is 5. The fourth-order valence-electron chi connectivity index (χ4n) is 3.66. The lowest BCUT2D eigenvalue weighted by atomic mass is 9.99. The van der Waals surface area contributed by atoms with Gasteiger partial charge in [0.15, 0.2) is 11.6 Å². The van der Waals surface area contributed by atoms with E-state index in [1.165, 1.54) is 0 Å². The molecular formula is C21H29Cl3F4N4O. The highest BCUT2D eigenvalue weighted by Crippen LogP contribution is 2.30. The molecule has 0 unspecified atom stereocenters. The number of nitrogens with one attached hydrogen (secondary N) is 2. The summed E-state index contributed by atoms with van der Waals surface area (Å²) in [6, 6.07) is 6.55. The second-order valence-corrected chi connectivity index (χ2v) is 7.57. The van der Waals surface area contributed by atoms with Gasteiger partial charge < -0.3 is 21.1 Å². The van der Waals surface area contributed by atoms with E-state index in [0.717, 1.165) is 36.0 Å². The van der Waals surface area contributed by atoms with E-state index in [0.29, 0.717) is 18.8 Å². The van der Waals surface area contributed by atoms with Crippen molar-refractivity contribution in [1.82, 2.24) is 15.6 Å². The molecule has 1 aromatic heterocycles. The van der Waals surface area contributed by atoms with Gasteiger partial charge in [0.2, 0.25) is 0 Å². The number of rotatable bonds is 9. The molecule has 0 aliphatic carbocycles. The number of aryl methyl sites for hydroxylation is 1. The summed E-state index contributed by atoms with van der Waals surface area (Å²) in [5.74, 6) is -5.67. The van der Waals surface area contributed by atoms with Crippen LogP contribution in [0.15, 0.2) is 30.3 Å². The Kier molecular flexibility index (Phi) is 13.6. The number of nitrogen functional groups attached to an aromatic ring is 1. The van der Waals surface area contributed by atoms with Gasteiger partial charge >= 0.3 is 0 Å². The van der Waals surface area contributed by atoms with Gasteiger partial charge in [0.05, 0.1) is 24.8 Å². The van der Waals surface area contributed by atoms with Gasteiger partial charge in [-0.05, 0) is 43.2 Å². The van der Waals surface area contributed by atoms with Crippen LogP contribution in [0.25, 0.3) is 0 Å². The molecule has 33 heavy (non-hydrogen) atoms. The molecule has 0 radical (unpaired) electrons. The molecule has 0 spiro atoms. The standard InChI is InChI=1S/C21H26F4N4O.3ClH/c1-13-7-15(29-19(26)8-13)9-14-10-28-11-18(14)30-6-5-27-12-21(24,25)16-3-2-4-17(22)20(16)23;;;/h2-4,7-8,14,18,27-28H,5-6,9-12H2,1H3,(H2,26,29);3*1H/t14-,18+;;;/m1.../s1. The van der Waals surface area contributed by atoms with E-state index in [1.807, 2.05) is 19.1 Å². The minimum absolute atomic E-state index is 0. The molecule has 1 aromatic carbocycles. The van der Waals surface area contributed by atoms with E-state index < -0.39 is 29.7 Å². The zero-order valence-electron chi connectivity index (χ0n) is 18.0. The third kappa shape index (κ3) is 8.73. The first-order valence-electron chi connectivity index (χ1n) is 9.84. The van der Waals surface area contributed by atoms with Crippen LogP contribution in [-0.4, -0.2) is 43.9 Å². The molecule has 0 bridgehead atoms. The summed E-state index contributed by atoms with van der Waals surface area (Å²) in [5.41, 5.74) is 6.78.